The van der Waals surface area contributed by atoms with Gasteiger partial charge >= 0.3 is 11.9 Å². The lowest BCUT2D eigenvalue weighted by molar-refractivity contribution is -0.131. The third kappa shape index (κ3) is 3.70. The lowest BCUT2D eigenvalue weighted by atomic mass is 9.78. The van der Waals surface area contributed by atoms with Crippen molar-refractivity contribution in [1.82, 2.24) is 0 Å². The average Bonchev–Trinajstić information content (AvgIpc) is 2.46. The summed E-state index contributed by atoms with van der Waals surface area (Å²) < 4.78 is 0. The average molecular weight is 274 g/mol. The normalized spacial score (nSPS) is 22.8. The standard InChI is InChI=1S/C16H18O4/c17-15(18)10-3-11-1-4-12(5-2-11)13-6-8-14(9-7-13)16(19)20/h3,6-12H,1-2,4-5H2,(H,17,18)(H,19,20)/b10-3+/t11-,12-. The number of benzene rings is 1. The van der Waals surface area contributed by atoms with E-state index < -0.39 is 11.9 Å². The van der Waals surface area contributed by atoms with E-state index >= 15 is 0 Å². The Morgan fingerprint density at radius 3 is 2.10 bits per heavy atom. The van der Waals surface area contributed by atoms with Crippen molar-refractivity contribution in [2.75, 3.05) is 0 Å². The van der Waals surface area contributed by atoms with Crippen LogP contribution in [0.5, 0.6) is 0 Å². The van der Waals surface area contributed by atoms with Gasteiger partial charge in [-0.15, -0.1) is 0 Å². The second-order valence-electron chi connectivity index (χ2n) is 5.24. The van der Waals surface area contributed by atoms with Crippen LogP contribution < -0.4 is 0 Å². The minimum absolute atomic E-state index is 0.312. The molecule has 1 aliphatic rings. The van der Waals surface area contributed by atoms with E-state index in [1.54, 1.807) is 18.2 Å². The summed E-state index contributed by atoms with van der Waals surface area (Å²) in [6, 6.07) is 7.07. The maximum Gasteiger partial charge on any atom is 0.335 e. The van der Waals surface area contributed by atoms with Crippen LogP contribution in [0, 0.1) is 5.92 Å². The van der Waals surface area contributed by atoms with Gasteiger partial charge in [-0.3, -0.25) is 0 Å². The maximum atomic E-state index is 10.8. The van der Waals surface area contributed by atoms with Gasteiger partial charge < -0.3 is 10.2 Å². The molecule has 0 radical (unpaired) electrons. The summed E-state index contributed by atoms with van der Waals surface area (Å²) in [6.07, 6.45) is 7.01. The Morgan fingerprint density at radius 1 is 1.00 bits per heavy atom. The maximum absolute atomic E-state index is 10.8. The van der Waals surface area contributed by atoms with Crippen molar-refractivity contribution in [1.29, 1.82) is 0 Å². The van der Waals surface area contributed by atoms with Crippen LogP contribution in [0.2, 0.25) is 0 Å². The van der Waals surface area contributed by atoms with Gasteiger partial charge in [-0.2, -0.15) is 0 Å². The summed E-state index contributed by atoms with van der Waals surface area (Å²) in [5.74, 6) is -0.997. The molecule has 2 N–H and O–H groups in total. The molecule has 0 aliphatic heterocycles. The molecule has 0 bridgehead atoms. The number of carbonyl (C=O) groups is 2. The van der Waals surface area contributed by atoms with Crippen LogP contribution in [0.4, 0.5) is 0 Å². The minimum atomic E-state index is -0.904. The van der Waals surface area contributed by atoms with Crippen LogP contribution in [0.15, 0.2) is 36.4 Å². The van der Waals surface area contributed by atoms with Crippen LogP contribution in [-0.2, 0) is 4.79 Å². The first-order chi connectivity index (χ1) is 9.56. The molecule has 1 aliphatic carbocycles. The van der Waals surface area contributed by atoms with Gasteiger partial charge in [0.05, 0.1) is 5.56 Å². The predicted molar refractivity (Wildman–Crippen MR) is 74.9 cm³/mol. The zero-order valence-corrected chi connectivity index (χ0v) is 11.2. The molecule has 0 heterocycles. The molecule has 0 spiro atoms. The van der Waals surface area contributed by atoms with E-state index in [2.05, 4.69) is 0 Å². The molecular weight excluding hydrogens is 256 g/mol. The van der Waals surface area contributed by atoms with E-state index in [9.17, 15) is 9.59 Å². The Labute approximate surface area is 117 Å². The van der Waals surface area contributed by atoms with Crippen LogP contribution in [-0.4, -0.2) is 22.2 Å². The summed E-state index contributed by atoms with van der Waals surface area (Å²) >= 11 is 0. The second kappa shape index (κ2) is 6.37. The van der Waals surface area contributed by atoms with Gasteiger partial charge in [-0.05, 0) is 55.2 Å². The van der Waals surface area contributed by atoms with Gasteiger partial charge in [0.2, 0.25) is 0 Å². The lowest BCUT2D eigenvalue weighted by Gasteiger charge is -2.27. The first-order valence-corrected chi connectivity index (χ1v) is 6.80. The van der Waals surface area contributed by atoms with Crippen molar-refractivity contribution in [3.8, 4) is 0 Å². The van der Waals surface area contributed by atoms with Gasteiger partial charge in [0.1, 0.15) is 0 Å². The largest absolute Gasteiger partial charge is 0.478 e. The Hall–Kier alpha value is -2.10. The summed E-state index contributed by atoms with van der Waals surface area (Å²) in [6.45, 7) is 0. The number of rotatable bonds is 4. The van der Waals surface area contributed by atoms with E-state index in [-0.39, 0.29) is 0 Å². The minimum Gasteiger partial charge on any atom is -0.478 e. The summed E-state index contributed by atoms with van der Waals surface area (Å²) in [5, 5.41) is 17.5. The molecule has 0 unspecified atom stereocenters. The van der Waals surface area contributed by atoms with E-state index in [4.69, 9.17) is 10.2 Å². The lowest BCUT2D eigenvalue weighted by Crippen LogP contribution is -2.12. The highest BCUT2D eigenvalue weighted by Gasteiger charge is 2.21. The molecule has 20 heavy (non-hydrogen) atoms. The predicted octanol–water partition coefficient (Wildman–Crippen LogP) is 3.30. The van der Waals surface area contributed by atoms with Crippen molar-refractivity contribution >= 4 is 11.9 Å². The Bertz CT molecular complexity index is 508. The molecule has 0 amide bonds. The van der Waals surface area contributed by atoms with Crippen molar-refractivity contribution in [3.05, 3.63) is 47.5 Å². The Morgan fingerprint density at radius 2 is 1.60 bits per heavy atom. The van der Waals surface area contributed by atoms with Crippen molar-refractivity contribution in [2.45, 2.75) is 31.6 Å². The smallest absolute Gasteiger partial charge is 0.335 e. The third-order valence-electron chi connectivity index (χ3n) is 3.91. The quantitative estimate of drug-likeness (QED) is 0.826. The second-order valence-corrected chi connectivity index (χ2v) is 5.24. The molecule has 106 valence electrons. The summed E-state index contributed by atoms with van der Waals surface area (Å²) in [7, 11) is 0. The highest BCUT2D eigenvalue weighted by Crippen LogP contribution is 2.36. The monoisotopic (exact) mass is 274 g/mol. The SMILES string of the molecule is O=C(O)/C=C/[C@H]1CC[C@H](c2ccc(C(=O)O)cc2)CC1. The number of aliphatic carboxylic acids is 1. The van der Waals surface area contributed by atoms with Crippen molar-refractivity contribution in [2.24, 2.45) is 5.92 Å². The highest BCUT2D eigenvalue weighted by molar-refractivity contribution is 5.87. The third-order valence-corrected chi connectivity index (χ3v) is 3.91. The topological polar surface area (TPSA) is 74.6 Å². The van der Waals surface area contributed by atoms with Crippen LogP contribution in [0.25, 0.3) is 0 Å². The number of carboxylic acids is 2. The number of carboxylic acid groups (broad SMARTS) is 2. The van der Waals surface area contributed by atoms with Gasteiger partial charge in [-0.25, -0.2) is 9.59 Å². The summed E-state index contributed by atoms with van der Waals surface area (Å²) in [4.78, 5) is 21.3. The molecule has 0 aromatic heterocycles. The van der Waals surface area contributed by atoms with E-state index in [1.807, 2.05) is 12.1 Å². The first-order valence-electron chi connectivity index (χ1n) is 6.80. The fourth-order valence-electron chi connectivity index (χ4n) is 2.76. The number of hydrogen-bond donors (Lipinski definition) is 2. The zero-order valence-electron chi connectivity index (χ0n) is 11.2. The molecule has 1 saturated carbocycles. The van der Waals surface area contributed by atoms with Crippen LogP contribution in [0.3, 0.4) is 0 Å². The number of hydrogen-bond acceptors (Lipinski definition) is 2. The highest BCUT2D eigenvalue weighted by atomic mass is 16.4. The van der Waals surface area contributed by atoms with Gasteiger partial charge in [-0.1, -0.05) is 18.2 Å². The fraction of sp³-hybridized carbons (Fsp3) is 0.375. The van der Waals surface area contributed by atoms with Gasteiger partial charge in [0, 0.05) is 6.08 Å². The first kappa shape index (κ1) is 14.3. The Balaban J connectivity index is 1.93. The van der Waals surface area contributed by atoms with Crippen molar-refractivity contribution < 1.29 is 19.8 Å². The zero-order chi connectivity index (χ0) is 14.5. The molecule has 1 aromatic carbocycles. The number of allylic oxidation sites excluding steroid dienone is 1. The number of aromatic carboxylic acids is 1. The van der Waals surface area contributed by atoms with E-state index in [1.165, 1.54) is 11.6 Å². The molecule has 2 rings (SSSR count). The van der Waals surface area contributed by atoms with E-state index in [0.717, 1.165) is 25.7 Å². The molecule has 1 aromatic rings. The molecule has 1 fully saturated rings. The molecule has 4 heteroatoms. The van der Waals surface area contributed by atoms with Gasteiger partial charge in [0.15, 0.2) is 0 Å². The molecule has 0 atom stereocenters. The van der Waals surface area contributed by atoms with E-state index in [0.29, 0.717) is 17.4 Å². The van der Waals surface area contributed by atoms with Crippen molar-refractivity contribution in [3.63, 3.8) is 0 Å². The summed E-state index contributed by atoms with van der Waals surface area (Å²) in [5.41, 5.74) is 1.49. The fourth-order valence-corrected chi connectivity index (χ4v) is 2.76. The van der Waals surface area contributed by atoms with Crippen LogP contribution in [0.1, 0.15) is 47.5 Å². The van der Waals surface area contributed by atoms with Gasteiger partial charge in [0.25, 0.3) is 0 Å². The molecular formula is C16H18O4. The molecule has 4 nitrogen and oxygen atoms in total. The molecule has 0 saturated heterocycles. The van der Waals surface area contributed by atoms with Crippen LogP contribution >= 0.6 is 0 Å². The Kier molecular flexibility index (Phi) is 4.56.